The molecule has 3 rings (SSSR count). The van der Waals surface area contributed by atoms with Crippen molar-refractivity contribution in [3.63, 3.8) is 0 Å². The predicted molar refractivity (Wildman–Crippen MR) is 88.2 cm³/mol. The molecule has 0 spiro atoms. The van der Waals surface area contributed by atoms with Crippen LogP contribution in [0.2, 0.25) is 10.0 Å². The van der Waals surface area contributed by atoms with Gasteiger partial charge in [0.25, 0.3) is 0 Å². The lowest BCUT2D eigenvalue weighted by molar-refractivity contribution is 0.202. The quantitative estimate of drug-likeness (QED) is 0.744. The second kappa shape index (κ2) is 5.98. The van der Waals surface area contributed by atoms with Gasteiger partial charge in [0.05, 0.1) is 21.4 Å². The summed E-state index contributed by atoms with van der Waals surface area (Å²) in [5.41, 5.74) is -0.221. The first-order valence-corrected chi connectivity index (χ1v) is 9.11. The zero-order valence-corrected chi connectivity index (χ0v) is 14.6. The number of rotatable bonds is 5. The van der Waals surface area contributed by atoms with Gasteiger partial charge in [0.1, 0.15) is 18.0 Å². The molecule has 0 bridgehead atoms. The molecular weight excluding hydrogens is 359 g/mol. The largest absolute Gasteiger partial charge is 0.491 e. The van der Waals surface area contributed by atoms with Crippen molar-refractivity contribution in [1.82, 2.24) is 0 Å². The highest BCUT2D eigenvalue weighted by Gasteiger charge is 2.40. The van der Waals surface area contributed by atoms with Crippen molar-refractivity contribution in [3.8, 4) is 5.75 Å². The van der Waals surface area contributed by atoms with Crippen LogP contribution in [0.5, 0.6) is 5.75 Å². The van der Waals surface area contributed by atoms with Gasteiger partial charge in [0.2, 0.25) is 9.84 Å². The summed E-state index contributed by atoms with van der Waals surface area (Å²) in [5, 5.41) is 0.477. The van der Waals surface area contributed by atoms with Crippen molar-refractivity contribution in [2.45, 2.75) is 22.3 Å². The van der Waals surface area contributed by atoms with Gasteiger partial charge in [-0.3, -0.25) is 0 Å². The average molecular weight is 373 g/mol. The third-order valence-corrected chi connectivity index (χ3v) is 5.99. The van der Waals surface area contributed by atoms with Crippen LogP contribution in [0, 0.1) is 0 Å². The average Bonchev–Trinajstić information content (AvgIpc) is 3.23. The molecule has 7 heteroatoms. The van der Waals surface area contributed by atoms with Crippen molar-refractivity contribution < 1.29 is 17.9 Å². The van der Waals surface area contributed by atoms with Gasteiger partial charge in [-0.15, -0.1) is 0 Å². The van der Waals surface area contributed by atoms with E-state index in [0.717, 1.165) is 0 Å². The minimum absolute atomic E-state index is 0.0242. The fourth-order valence-electron chi connectivity index (χ4n) is 1.98. The molecule has 0 saturated carbocycles. The lowest BCUT2D eigenvalue weighted by atomic mass is 10.2. The van der Waals surface area contributed by atoms with Gasteiger partial charge in [0, 0.05) is 5.02 Å². The van der Waals surface area contributed by atoms with Crippen LogP contribution in [0.3, 0.4) is 0 Å². The summed E-state index contributed by atoms with van der Waals surface area (Å²) in [6.45, 7) is 3.06. The van der Waals surface area contributed by atoms with Crippen LogP contribution >= 0.6 is 23.2 Å². The van der Waals surface area contributed by atoms with Crippen LogP contribution in [0.25, 0.3) is 0 Å². The number of benzene rings is 2. The molecule has 1 saturated heterocycles. The van der Waals surface area contributed by atoms with Gasteiger partial charge in [-0.2, -0.15) is 0 Å². The predicted octanol–water partition coefficient (Wildman–Crippen LogP) is 3.99. The maximum absolute atomic E-state index is 12.6. The first kappa shape index (κ1) is 16.6. The van der Waals surface area contributed by atoms with Crippen LogP contribution in [-0.4, -0.2) is 27.2 Å². The fraction of sp³-hybridized carbons (Fsp3) is 0.250. The van der Waals surface area contributed by atoms with Crippen molar-refractivity contribution in [2.75, 3.05) is 13.2 Å². The van der Waals surface area contributed by atoms with Gasteiger partial charge in [-0.25, -0.2) is 8.42 Å². The minimum atomic E-state index is -3.71. The Balaban J connectivity index is 1.82. The Labute approximate surface area is 144 Å². The SMILES string of the molecule is CC1(COc2ccc(S(=O)(=O)c3ccc(Cl)cc3Cl)cc2)CO1. The summed E-state index contributed by atoms with van der Waals surface area (Å²) in [4.78, 5) is 0.166. The highest BCUT2D eigenvalue weighted by Crippen LogP contribution is 2.31. The fourth-order valence-corrected chi connectivity index (χ4v) is 4.00. The molecule has 1 fully saturated rings. The van der Waals surface area contributed by atoms with E-state index in [4.69, 9.17) is 32.7 Å². The molecular formula is C16H14Cl2O4S. The first-order valence-electron chi connectivity index (χ1n) is 6.87. The van der Waals surface area contributed by atoms with E-state index in [2.05, 4.69) is 0 Å². The lowest BCUT2D eigenvalue weighted by Crippen LogP contribution is -2.16. The van der Waals surface area contributed by atoms with Gasteiger partial charge in [-0.1, -0.05) is 23.2 Å². The van der Waals surface area contributed by atoms with Crippen LogP contribution in [-0.2, 0) is 14.6 Å². The van der Waals surface area contributed by atoms with E-state index in [9.17, 15) is 8.42 Å². The summed E-state index contributed by atoms with van der Waals surface area (Å²) in [7, 11) is -3.71. The normalized spacial score (nSPS) is 20.3. The molecule has 1 unspecified atom stereocenters. The van der Waals surface area contributed by atoms with Crippen LogP contribution in [0.1, 0.15) is 6.92 Å². The molecule has 1 atom stereocenters. The van der Waals surface area contributed by atoms with Crippen molar-refractivity contribution in [2.24, 2.45) is 0 Å². The van der Waals surface area contributed by atoms with Crippen LogP contribution in [0.4, 0.5) is 0 Å². The molecule has 122 valence electrons. The van der Waals surface area contributed by atoms with E-state index < -0.39 is 9.84 Å². The Kier molecular flexibility index (Phi) is 4.31. The Hall–Kier alpha value is -1.27. The monoisotopic (exact) mass is 372 g/mol. The van der Waals surface area contributed by atoms with E-state index in [1.807, 2.05) is 6.92 Å². The van der Waals surface area contributed by atoms with E-state index in [0.29, 0.717) is 24.0 Å². The Morgan fingerprint density at radius 3 is 2.39 bits per heavy atom. The minimum Gasteiger partial charge on any atom is -0.491 e. The standard InChI is InChI=1S/C16H14Cl2O4S/c1-16(10-22-16)9-21-12-3-5-13(6-4-12)23(19,20)15-7-2-11(17)8-14(15)18/h2-8H,9-10H2,1H3. The summed E-state index contributed by atoms with van der Waals surface area (Å²) in [6, 6.07) is 10.5. The smallest absolute Gasteiger partial charge is 0.208 e. The Morgan fingerprint density at radius 2 is 1.83 bits per heavy atom. The number of halogens is 2. The summed E-state index contributed by atoms with van der Waals surface area (Å²) < 4.78 is 36.0. The van der Waals surface area contributed by atoms with Crippen LogP contribution in [0.15, 0.2) is 52.3 Å². The summed E-state index contributed by atoms with van der Waals surface area (Å²) >= 11 is 11.8. The second-order valence-corrected chi connectivity index (χ2v) is 8.34. The van der Waals surface area contributed by atoms with E-state index >= 15 is 0 Å². The van der Waals surface area contributed by atoms with Crippen molar-refractivity contribution >= 4 is 33.0 Å². The van der Waals surface area contributed by atoms with E-state index in [1.165, 1.54) is 30.3 Å². The molecule has 2 aromatic rings. The third-order valence-electron chi connectivity index (χ3n) is 3.50. The molecule has 0 aromatic heterocycles. The molecule has 0 radical (unpaired) electrons. The third kappa shape index (κ3) is 3.63. The van der Waals surface area contributed by atoms with E-state index in [1.54, 1.807) is 12.1 Å². The number of epoxide rings is 1. The topological polar surface area (TPSA) is 55.9 Å². The van der Waals surface area contributed by atoms with Gasteiger partial charge >= 0.3 is 0 Å². The van der Waals surface area contributed by atoms with Crippen molar-refractivity contribution in [1.29, 1.82) is 0 Å². The van der Waals surface area contributed by atoms with Gasteiger partial charge in [-0.05, 0) is 49.4 Å². The second-order valence-electron chi connectivity index (χ2n) is 5.58. The number of hydrogen-bond donors (Lipinski definition) is 0. The molecule has 2 aromatic carbocycles. The summed E-state index contributed by atoms with van der Waals surface area (Å²) in [6.07, 6.45) is 0. The molecule has 23 heavy (non-hydrogen) atoms. The molecule has 0 aliphatic carbocycles. The molecule has 1 aliphatic rings. The first-order chi connectivity index (χ1) is 10.8. The zero-order chi connectivity index (χ0) is 16.7. The van der Waals surface area contributed by atoms with Crippen molar-refractivity contribution in [3.05, 3.63) is 52.5 Å². The Bertz CT molecular complexity index is 828. The summed E-state index contributed by atoms with van der Waals surface area (Å²) in [5.74, 6) is 0.586. The van der Waals surface area contributed by atoms with Crippen LogP contribution < -0.4 is 4.74 Å². The number of hydrogen-bond acceptors (Lipinski definition) is 4. The highest BCUT2D eigenvalue weighted by atomic mass is 35.5. The lowest BCUT2D eigenvalue weighted by Gasteiger charge is -2.10. The number of ether oxygens (including phenoxy) is 2. The Morgan fingerprint density at radius 1 is 1.17 bits per heavy atom. The number of sulfone groups is 1. The molecule has 1 heterocycles. The maximum Gasteiger partial charge on any atom is 0.208 e. The molecule has 4 nitrogen and oxygen atoms in total. The van der Waals surface area contributed by atoms with Gasteiger partial charge < -0.3 is 9.47 Å². The maximum atomic E-state index is 12.6. The molecule has 1 aliphatic heterocycles. The zero-order valence-electron chi connectivity index (χ0n) is 12.3. The molecule has 0 amide bonds. The van der Waals surface area contributed by atoms with E-state index in [-0.39, 0.29) is 20.4 Å². The van der Waals surface area contributed by atoms with Gasteiger partial charge in [0.15, 0.2) is 0 Å². The molecule has 0 N–H and O–H groups in total. The highest BCUT2D eigenvalue weighted by molar-refractivity contribution is 7.91.